The highest BCUT2D eigenvalue weighted by atomic mass is 35.5. The summed E-state index contributed by atoms with van der Waals surface area (Å²) in [4.78, 5) is 50.3. The third-order valence-electron chi connectivity index (χ3n) is 4.82. The van der Waals surface area contributed by atoms with Gasteiger partial charge in [0, 0.05) is 16.3 Å². The highest BCUT2D eigenvalue weighted by Gasteiger charge is 2.55. The molecule has 1 saturated heterocycles. The van der Waals surface area contributed by atoms with Crippen LogP contribution in [0.25, 0.3) is 0 Å². The van der Waals surface area contributed by atoms with Crippen LogP contribution in [0, 0.1) is 0 Å². The maximum Gasteiger partial charge on any atom is 0.263 e. The molecule has 30 heavy (non-hydrogen) atoms. The number of ketones is 1. The molecule has 0 aliphatic carbocycles. The van der Waals surface area contributed by atoms with Crippen LogP contribution in [0.4, 0.5) is 11.4 Å². The summed E-state index contributed by atoms with van der Waals surface area (Å²) in [6.45, 7) is 1.20. The van der Waals surface area contributed by atoms with E-state index >= 15 is 0 Å². The van der Waals surface area contributed by atoms with Crippen molar-refractivity contribution in [3.8, 4) is 0 Å². The number of nitrogens with one attached hydrogen (secondary N) is 1. The van der Waals surface area contributed by atoms with E-state index in [0.717, 1.165) is 4.90 Å². The smallest absolute Gasteiger partial charge is 0.263 e. The number of imide groups is 1. The molecular formula is C20H16ClN5O4. The monoisotopic (exact) mass is 425 g/mol. The first-order valence-electron chi connectivity index (χ1n) is 9.07. The van der Waals surface area contributed by atoms with Crippen molar-refractivity contribution in [3.63, 3.8) is 0 Å². The lowest BCUT2D eigenvalue weighted by Crippen LogP contribution is -2.43. The number of halogens is 1. The number of hydrogen-bond donors (Lipinski definition) is 1. The molecule has 0 aromatic heterocycles. The highest BCUT2D eigenvalue weighted by Crippen LogP contribution is 2.32. The van der Waals surface area contributed by atoms with E-state index in [4.69, 9.17) is 11.6 Å². The zero-order valence-electron chi connectivity index (χ0n) is 15.8. The Labute approximate surface area is 176 Å². The fourth-order valence-corrected chi connectivity index (χ4v) is 3.46. The van der Waals surface area contributed by atoms with E-state index in [9.17, 15) is 19.2 Å². The van der Waals surface area contributed by atoms with E-state index in [-0.39, 0.29) is 12.3 Å². The van der Waals surface area contributed by atoms with Gasteiger partial charge in [-0.1, -0.05) is 16.8 Å². The molecule has 2 aliphatic heterocycles. The minimum Gasteiger partial charge on any atom is -0.324 e. The molecule has 4 rings (SSSR count). The first kappa shape index (κ1) is 19.7. The Hall–Kier alpha value is -3.59. The van der Waals surface area contributed by atoms with E-state index in [0.29, 0.717) is 22.0 Å². The predicted molar refractivity (Wildman–Crippen MR) is 108 cm³/mol. The van der Waals surface area contributed by atoms with E-state index in [2.05, 4.69) is 15.7 Å². The Morgan fingerprint density at radius 2 is 1.70 bits per heavy atom. The van der Waals surface area contributed by atoms with Crippen LogP contribution >= 0.6 is 11.6 Å². The van der Waals surface area contributed by atoms with Gasteiger partial charge in [-0.3, -0.25) is 24.2 Å². The average molecular weight is 426 g/mol. The van der Waals surface area contributed by atoms with E-state index in [1.165, 1.54) is 11.9 Å². The Bertz CT molecular complexity index is 1070. The van der Waals surface area contributed by atoms with Gasteiger partial charge in [0.25, 0.3) is 11.8 Å². The normalized spacial score (nSPS) is 19.9. The van der Waals surface area contributed by atoms with Crippen molar-refractivity contribution in [3.05, 3.63) is 59.1 Å². The van der Waals surface area contributed by atoms with Gasteiger partial charge in [0.1, 0.15) is 6.54 Å². The molecule has 9 nitrogen and oxygen atoms in total. The molecule has 1 fully saturated rings. The molecular weight excluding hydrogens is 410 g/mol. The van der Waals surface area contributed by atoms with Crippen molar-refractivity contribution in [1.82, 2.24) is 5.01 Å². The number of fused-ring (bicyclic) bond motifs is 1. The number of carbonyl (C=O) groups excluding carboxylic acids is 4. The molecule has 0 radical (unpaired) electrons. The maximum atomic E-state index is 12.9. The Morgan fingerprint density at radius 1 is 1.03 bits per heavy atom. The molecule has 2 aromatic rings. The zero-order chi connectivity index (χ0) is 21.4. The van der Waals surface area contributed by atoms with E-state index < -0.39 is 29.8 Å². The van der Waals surface area contributed by atoms with Gasteiger partial charge in [-0.25, -0.2) is 4.90 Å². The number of rotatable bonds is 5. The van der Waals surface area contributed by atoms with Gasteiger partial charge in [-0.15, -0.1) is 0 Å². The zero-order valence-corrected chi connectivity index (χ0v) is 16.5. The lowest BCUT2D eigenvalue weighted by Gasteiger charge is -2.20. The summed E-state index contributed by atoms with van der Waals surface area (Å²) >= 11 is 5.87. The van der Waals surface area contributed by atoms with Crippen LogP contribution in [-0.2, 0) is 14.4 Å². The first-order chi connectivity index (χ1) is 14.3. The molecule has 2 heterocycles. The molecule has 2 atom stereocenters. The Balaban J connectivity index is 1.45. The van der Waals surface area contributed by atoms with Crippen molar-refractivity contribution in [2.75, 3.05) is 16.8 Å². The minimum absolute atomic E-state index is 0.0777. The number of carbonyl (C=O) groups is 4. The summed E-state index contributed by atoms with van der Waals surface area (Å²) in [5, 5.41) is 12.1. The van der Waals surface area contributed by atoms with Crippen LogP contribution in [-0.4, -0.2) is 47.1 Å². The molecule has 3 amide bonds. The Morgan fingerprint density at radius 3 is 2.33 bits per heavy atom. The quantitative estimate of drug-likeness (QED) is 0.584. The molecule has 0 bridgehead atoms. The number of Topliss-reactive ketones (excluding diaryl/α,β-unsaturated/α-hetero) is 1. The molecule has 152 valence electrons. The van der Waals surface area contributed by atoms with Crippen LogP contribution in [0.5, 0.6) is 0 Å². The second-order valence-corrected chi connectivity index (χ2v) is 7.30. The topological polar surface area (TPSA) is 112 Å². The second kappa shape index (κ2) is 7.68. The van der Waals surface area contributed by atoms with Crippen molar-refractivity contribution in [2.45, 2.75) is 19.0 Å². The number of anilines is 2. The van der Waals surface area contributed by atoms with Gasteiger partial charge in [-0.05, 0) is 55.5 Å². The average Bonchev–Trinajstić information content (AvgIpc) is 3.23. The first-order valence-corrected chi connectivity index (χ1v) is 9.44. The van der Waals surface area contributed by atoms with E-state index in [1.54, 1.807) is 48.5 Å². The molecule has 2 aromatic carbocycles. The van der Waals surface area contributed by atoms with Crippen molar-refractivity contribution in [2.24, 2.45) is 10.3 Å². The highest BCUT2D eigenvalue weighted by molar-refractivity contribution is 6.31. The van der Waals surface area contributed by atoms with Gasteiger partial charge in [0.15, 0.2) is 17.9 Å². The minimum atomic E-state index is -0.990. The molecule has 10 heteroatoms. The van der Waals surface area contributed by atoms with Gasteiger partial charge < -0.3 is 5.32 Å². The number of nitrogens with zero attached hydrogens (tertiary/aromatic N) is 4. The van der Waals surface area contributed by atoms with Crippen LogP contribution in [0.2, 0.25) is 5.02 Å². The lowest BCUT2D eigenvalue weighted by atomic mass is 10.1. The lowest BCUT2D eigenvalue weighted by molar-refractivity contribution is -0.123. The number of hydrogen-bond acceptors (Lipinski definition) is 7. The van der Waals surface area contributed by atoms with Crippen LogP contribution in [0.1, 0.15) is 17.3 Å². The maximum absolute atomic E-state index is 12.9. The summed E-state index contributed by atoms with van der Waals surface area (Å²) in [6, 6.07) is 10.8. The van der Waals surface area contributed by atoms with Gasteiger partial charge in [-0.2, -0.15) is 5.11 Å². The van der Waals surface area contributed by atoms with E-state index in [1.807, 2.05) is 0 Å². The van der Waals surface area contributed by atoms with Gasteiger partial charge >= 0.3 is 0 Å². The number of benzene rings is 2. The molecule has 2 aliphatic rings. The molecule has 1 N–H and O–H groups in total. The van der Waals surface area contributed by atoms with Crippen molar-refractivity contribution in [1.29, 1.82) is 0 Å². The van der Waals surface area contributed by atoms with Crippen molar-refractivity contribution < 1.29 is 19.2 Å². The summed E-state index contributed by atoms with van der Waals surface area (Å²) < 4.78 is 0. The molecule has 0 unspecified atom stereocenters. The second-order valence-electron chi connectivity index (χ2n) is 6.86. The third-order valence-corrected chi connectivity index (χ3v) is 5.08. The third kappa shape index (κ3) is 3.55. The van der Waals surface area contributed by atoms with Gasteiger partial charge in [0.05, 0.1) is 5.69 Å². The summed E-state index contributed by atoms with van der Waals surface area (Å²) in [6.07, 6.45) is 0. The fourth-order valence-electron chi connectivity index (χ4n) is 3.33. The standard InChI is InChI=1S/C20H16ClN5O4/c1-11(27)12-2-6-14(7-3-12)22-16(28)10-25-18-17(23-24-25)19(29)26(20(18)30)15-8-4-13(21)5-9-15/h2-9,17-18H,10H2,1H3,(H,22,28)/t17-,18-/m1/s1. The summed E-state index contributed by atoms with van der Waals surface area (Å²) in [5.74, 6) is -1.52. The van der Waals surface area contributed by atoms with Crippen molar-refractivity contribution >= 4 is 46.5 Å². The van der Waals surface area contributed by atoms with Crippen LogP contribution in [0.15, 0.2) is 58.9 Å². The SMILES string of the molecule is CC(=O)c1ccc(NC(=O)CN2N=N[C@H]3C(=O)N(c4ccc(Cl)cc4)C(=O)[C@@H]32)cc1. The van der Waals surface area contributed by atoms with Crippen LogP contribution in [0.3, 0.4) is 0 Å². The summed E-state index contributed by atoms with van der Waals surface area (Å²) in [5.41, 5.74) is 1.41. The predicted octanol–water partition coefficient (Wildman–Crippen LogP) is 2.47. The molecule has 0 spiro atoms. The summed E-state index contributed by atoms with van der Waals surface area (Å²) in [7, 11) is 0. The van der Waals surface area contributed by atoms with Crippen LogP contribution < -0.4 is 10.2 Å². The largest absolute Gasteiger partial charge is 0.324 e. The number of amides is 3. The fraction of sp³-hybridized carbons (Fsp3) is 0.200. The van der Waals surface area contributed by atoms with Gasteiger partial charge in [0.2, 0.25) is 5.91 Å². The molecule has 0 saturated carbocycles. The Kier molecular flexibility index (Phi) is 5.04.